The topological polar surface area (TPSA) is 50.8 Å². The van der Waals surface area contributed by atoms with Crippen molar-refractivity contribution in [2.75, 3.05) is 11.5 Å². The summed E-state index contributed by atoms with van der Waals surface area (Å²) in [5.74, 6) is 1.40. The maximum Gasteiger partial charge on any atom is 0.325 e. The van der Waals surface area contributed by atoms with E-state index < -0.39 is 5.72 Å². The van der Waals surface area contributed by atoms with Gasteiger partial charge in [0, 0.05) is 17.0 Å². The molecule has 1 fully saturated rings. The Morgan fingerprint density at radius 2 is 2.16 bits per heavy atom. The van der Waals surface area contributed by atoms with Gasteiger partial charge in [-0.2, -0.15) is 0 Å². The fourth-order valence-electron chi connectivity index (χ4n) is 3.63. The van der Waals surface area contributed by atoms with Crippen LogP contribution in [0.1, 0.15) is 31.9 Å². The molecular formula is C19H19ClN2O3. The number of benzene rings is 2. The Morgan fingerprint density at radius 3 is 2.96 bits per heavy atom. The first-order chi connectivity index (χ1) is 12.0. The Morgan fingerprint density at radius 1 is 1.36 bits per heavy atom. The third kappa shape index (κ3) is 2.59. The molecule has 2 aliphatic heterocycles. The Hall–Kier alpha value is -2.40. The highest BCUT2D eigenvalue weighted by atomic mass is 35.5. The van der Waals surface area contributed by atoms with Gasteiger partial charge in [0.15, 0.2) is 5.72 Å². The van der Waals surface area contributed by atoms with Gasteiger partial charge in [0.25, 0.3) is 0 Å². The van der Waals surface area contributed by atoms with Crippen LogP contribution in [-0.4, -0.2) is 18.4 Å². The third-order valence-electron chi connectivity index (χ3n) is 4.64. The second-order valence-electron chi connectivity index (χ2n) is 6.40. The van der Waals surface area contributed by atoms with Gasteiger partial charge in [0.2, 0.25) is 0 Å². The quantitative estimate of drug-likeness (QED) is 0.878. The molecule has 5 nitrogen and oxygen atoms in total. The molecule has 130 valence electrons. The molecule has 0 saturated carbocycles. The standard InChI is InChI=1S/C19H19ClN2O3/c1-3-24-17-7-5-4-6-15(17)22-18(23)21-14-11-19(22,2)25-16-9-8-12(20)10-13(14)16/h4-10,14H,3,11H2,1-2H3,(H,21,23). The van der Waals surface area contributed by atoms with Gasteiger partial charge in [0.05, 0.1) is 18.3 Å². The van der Waals surface area contributed by atoms with Crippen LogP contribution in [0.5, 0.6) is 11.5 Å². The molecular weight excluding hydrogens is 340 g/mol. The minimum Gasteiger partial charge on any atom is -0.492 e. The molecule has 1 N–H and O–H groups in total. The summed E-state index contributed by atoms with van der Waals surface area (Å²) in [5, 5.41) is 3.70. The number of para-hydroxylation sites is 2. The average Bonchev–Trinajstić information content (AvgIpc) is 2.57. The van der Waals surface area contributed by atoms with E-state index in [-0.39, 0.29) is 12.1 Å². The first kappa shape index (κ1) is 16.1. The summed E-state index contributed by atoms with van der Waals surface area (Å²) in [7, 11) is 0. The molecule has 25 heavy (non-hydrogen) atoms. The largest absolute Gasteiger partial charge is 0.492 e. The molecule has 2 aromatic carbocycles. The van der Waals surface area contributed by atoms with E-state index in [1.165, 1.54) is 0 Å². The van der Waals surface area contributed by atoms with Gasteiger partial charge in [0.1, 0.15) is 11.5 Å². The minimum absolute atomic E-state index is 0.129. The number of urea groups is 1. The van der Waals surface area contributed by atoms with E-state index in [0.717, 1.165) is 11.3 Å². The van der Waals surface area contributed by atoms with E-state index in [1.54, 1.807) is 11.0 Å². The molecule has 0 aromatic heterocycles. The highest BCUT2D eigenvalue weighted by molar-refractivity contribution is 6.30. The molecule has 2 unspecified atom stereocenters. The molecule has 2 aliphatic rings. The van der Waals surface area contributed by atoms with Gasteiger partial charge in [-0.25, -0.2) is 4.79 Å². The second-order valence-corrected chi connectivity index (χ2v) is 6.84. The van der Waals surface area contributed by atoms with E-state index in [2.05, 4.69) is 5.32 Å². The number of ether oxygens (including phenoxy) is 2. The average molecular weight is 359 g/mol. The number of anilines is 1. The zero-order valence-corrected chi connectivity index (χ0v) is 14.8. The first-order valence-electron chi connectivity index (χ1n) is 8.33. The van der Waals surface area contributed by atoms with Crippen LogP contribution in [0.15, 0.2) is 42.5 Å². The summed E-state index contributed by atoms with van der Waals surface area (Å²) in [4.78, 5) is 14.6. The zero-order chi connectivity index (χ0) is 17.6. The van der Waals surface area contributed by atoms with Crippen LogP contribution in [0.25, 0.3) is 0 Å². The van der Waals surface area contributed by atoms with Crippen LogP contribution in [0.4, 0.5) is 10.5 Å². The van der Waals surface area contributed by atoms with Crippen molar-refractivity contribution in [2.45, 2.75) is 32.0 Å². The number of carbonyl (C=O) groups is 1. The lowest BCUT2D eigenvalue weighted by Crippen LogP contribution is -2.65. The van der Waals surface area contributed by atoms with Crippen LogP contribution < -0.4 is 19.7 Å². The number of halogens is 1. The SMILES string of the molecule is CCOc1ccccc1N1C(=O)NC2CC1(C)Oc1ccc(Cl)cc12. The Balaban J connectivity index is 1.80. The minimum atomic E-state index is -0.805. The normalized spacial score (nSPS) is 24.2. The first-order valence-corrected chi connectivity index (χ1v) is 8.70. The van der Waals surface area contributed by atoms with Crippen LogP contribution in [0.3, 0.4) is 0 Å². The number of carbonyl (C=O) groups excluding carboxylic acids is 1. The maximum atomic E-state index is 12.9. The molecule has 2 heterocycles. The summed E-state index contributed by atoms with van der Waals surface area (Å²) in [5.41, 5.74) is 0.803. The summed E-state index contributed by atoms with van der Waals surface area (Å²) < 4.78 is 12.0. The lowest BCUT2D eigenvalue weighted by atomic mass is 9.90. The van der Waals surface area contributed by atoms with Crippen molar-refractivity contribution in [1.82, 2.24) is 5.32 Å². The fraction of sp³-hybridized carbons (Fsp3) is 0.316. The van der Waals surface area contributed by atoms with Crippen LogP contribution in [-0.2, 0) is 0 Å². The summed E-state index contributed by atoms with van der Waals surface area (Å²) in [6.07, 6.45) is 0.618. The summed E-state index contributed by atoms with van der Waals surface area (Å²) in [6, 6.07) is 12.7. The van der Waals surface area contributed by atoms with Gasteiger partial charge in [-0.05, 0) is 44.2 Å². The van der Waals surface area contributed by atoms with Crippen LogP contribution in [0, 0.1) is 0 Å². The fourth-order valence-corrected chi connectivity index (χ4v) is 3.81. The van der Waals surface area contributed by atoms with E-state index >= 15 is 0 Å². The van der Waals surface area contributed by atoms with Crippen molar-refractivity contribution >= 4 is 23.3 Å². The second kappa shape index (κ2) is 5.85. The summed E-state index contributed by atoms with van der Waals surface area (Å²) >= 11 is 6.11. The van der Waals surface area contributed by atoms with E-state index in [1.807, 2.05) is 50.2 Å². The smallest absolute Gasteiger partial charge is 0.325 e. The molecule has 0 spiro atoms. The number of nitrogens with one attached hydrogen (secondary N) is 1. The highest BCUT2D eigenvalue weighted by Crippen LogP contribution is 2.47. The van der Waals surface area contributed by atoms with Crippen LogP contribution in [0.2, 0.25) is 5.02 Å². The van der Waals surface area contributed by atoms with Gasteiger partial charge >= 0.3 is 6.03 Å². The number of amides is 2. The molecule has 4 rings (SSSR count). The lowest BCUT2D eigenvalue weighted by molar-refractivity contribution is 0.0374. The Labute approximate surface area is 151 Å². The number of nitrogens with zero attached hydrogens (tertiary/aromatic N) is 1. The molecule has 2 aromatic rings. The van der Waals surface area contributed by atoms with Gasteiger partial charge in [-0.3, -0.25) is 4.90 Å². The molecule has 0 radical (unpaired) electrons. The van der Waals surface area contributed by atoms with E-state index in [9.17, 15) is 4.79 Å². The molecule has 6 heteroatoms. The van der Waals surface area contributed by atoms with Crippen molar-refractivity contribution in [1.29, 1.82) is 0 Å². The van der Waals surface area contributed by atoms with E-state index in [0.29, 0.717) is 29.5 Å². The van der Waals surface area contributed by atoms with Crippen molar-refractivity contribution in [3.63, 3.8) is 0 Å². The number of fused-ring (bicyclic) bond motifs is 4. The number of hydrogen-bond donors (Lipinski definition) is 1. The van der Waals surface area contributed by atoms with Crippen molar-refractivity contribution in [3.8, 4) is 11.5 Å². The van der Waals surface area contributed by atoms with Gasteiger partial charge in [-0.1, -0.05) is 23.7 Å². The predicted octanol–water partition coefficient (Wildman–Crippen LogP) is 4.51. The predicted molar refractivity (Wildman–Crippen MR) is 96.5 cm³/mol. The molecule has 2 amide bonds. The monoisotopic (exact) mass is 358 g/mol. The Kier molecular flexibility index (Phi) is 3.76. The van der Waals surface area contributed by atoms with Gasteiger partial charge < -0.3 is 14.8 Å². The zero-order valence-electron chi connectivity index (χ0n) is 14.1. The van der Waals surface area contributed by atoms with Crippen LogP contribution >= 0.6 is 11.6 Å². The molecule has 1 saturated heterocycles. The Bertz CT molecular complexity index is 841. The summed E-state index contributed by atoms with van der Waals surface area (Å²) in [6.45, 7) is 4.37. The lowest BCUT2D eigenvalue weighted by Gasteiger charge is -2.50. The third-order valence-corrected chi connectivity index (χ3v) is 4.87. The molecule has 2 bridgehead atoms. The maximum absolute atomic E-state index is 12.9. The number of hydrogen-bond acceptors (Lipinski definition) is 3. The van der Waals surface area contributed by atoms with E-state index in [4.69, 9.17) is 21.1 Å². The van der Waals surface area contributed by atoms with Gasteiger partial charge in [-0.15, -0.1) is 0 Å². The van der Waals surface area contributed by atoms with Crippen molar-refractivity contribution in [3.05, 3.63) is 53.1 Å². The van der Waals surface area contributed by atoms with Crippen molar-refractivity contribution in [2.24, 2.45) is 0 Å². The molecule has 2 atom stereocenters. The highest BCUT2D eigenvalue weighted by Gasteiger charge is 2.50. The molecule has 0 aliphatic carbocycles. The number of rotatable bonds is 3. The van der Waals surface area contributed by atoms with Crippen molar-refractivity contribution < 1.29 is 14.3 Å².